The number of carbonyl (C=O) groups excluding carboxylic acids is 2. The Bertz CT molecular complexity index is 542. The molecule has 2 amide bonds. The van der Waals surface area contributed by atoms with Crippen LogP contribution < -0.4 is 0 Å². The van der Waals surface area contributed by atoms with Crippen molar-refractivity contribution in [1.82, 2.24) is 24.6 Å². The number of hydrogen-bond donors (Lipinski definition) is 0. The van der Waals surface area contributed by atoms with Gasteiger partial charge in [-0.1, -0.05) is 0 Å². The number of aromatic nitrogens is 3. The summed E-state index contributed by atoms with van der Waals surface area (Å²) in [7, 11) is 0. The third-order valence-corrected chi connectivity index (χ3v) is 4.69. The summed E-state index contributed by atoms with van der Waals surface area (Å²) in [6.45, 7) is 4.57. The largest absolute Gasteiger partial charge is 0.378 e. The zero-order chi connectivity index (χ0) is 16.8. The molecule has 0 aliphatic carbocycles. The average molecular weight is 335 g/mol. The van der Waals surface area contributed by atoms with Crippen molar-refractivity contribution in [3.63, 3.8) is 0 Å². The van der Waals surface area contributed by atoms with E-state index in [1.165, 1.54) is 6.33 Å². The second kappa shape index (κ2) is 8.23. The third-order valence-electron chi connectivity index (χ3n) is 4.69. The highest BCUT2D eigenvalue weighted by atomic mass is 16.5. The van der Waals surface area contributed by atoms with Gasteiger partial charge in [0.15, 0.2) is 0 Å². The summed E-state index contributed by atoms with van der Waals surface area (Å²) in [5.74, 6) is 0.254. The first kappa shape index (κ1) is 16.9. The SMILES string of the molecule is O=C(CCCn1cncn1)N1CCC[C@@H](C(=O)N2CCOCC2)C1. The predicted molar refractivity (Wildman–Crippen MR) is 86.0 cm³/mol. The number of rotatable bonds is 5. The van der Waals surface area contributed by atoms with E-state index in [0.717, 1.165) is 25.8 Å². The summed E-state index contributed by atoms with van der Waals surface area (Å²) in [5, 5.41) is 4.03. The summed E-state index contributed by atoms with van der Waals surface area (Å²) in [6.07, 6.45) is 6.14. The van der Waals surface area contributed by atoms with Gasteiger partial charge < -0.3 is 14.5 Å². The quantitative estimate of drug-likeness (QED) is 0.765. The van der Waals surface area contributed by atoms with Crippen molar-refractivity contribution >= 4 is 11.8 Å². The Balaban J connectivity index is 1.45. The minimum absolute atomic E-state index is 0.0592. The smallest absolute Gasteiger partial charge is 0.227 e. The Morgan fingerprint density at radius 3 is 2.75 bits per heavy atom. The summed E-state index contributed by atoms with van der Waals surface area (Å²) in [5.41, 5.74) is 0. The van der Waals surface area contributed by atoms with Crippen molar-refractivity contribution in [1.29, 1.82) is 0 Å². The van der Waals surface area contributed by atoms with Crippen LogP contribution in [0.4, 0.5) is 0 Å². The minimum Gasteiger partial charge on any atom is -0.378 e. The maximum Gasteiger partial charge on any atom is 0.227 e. The summed E-state index contributed by atoms with van der Waals surface area (Å²) in [6, 6.07) is 0. The zero-order valence-corrected chi connectivity index (χ0v) is 14.0. The van der Waals surface area contributed by atoms with Crippen LogP contribution in [0.3, 0.4) is 0 Å². The van der Waals surface area contributed by atoms with E-state index in [1.54, 1.807) is 11.0 Å². The number of carbonyl (C=O) groups is 2. The fourth-order valence-corrected chi connectivity index (χ4v) is 3.35. The van der Waals surface area contributed by atoms with E-state index >= 15 is 0 Å². The minimum atomic E-state index is -0.0592. The van der Waals surface area contributed by atoms with E-state index in [1.807, 2.05) is 9.80 Å². The Morgan fingerprint density at radius 2 is 2.00 bits per heavy atom. The number of amides is 2. The van der Waals surface area contributed by atoms with Gasteiger partial charge in [0.2, 0.25) is 11.8 Å². The van der Waals surface area contributed by atoms with Crippen LogP contribution in [0.1, 0.15) is 25.7 Å². The molecule has 2 saturated heterocycles. The lowest BCUT2D eigenvalue weighted by Gasteiger charge is -2.36. The van der Waals surface area contributed by atoms with Crippen molar-refractivity contribution in [2.24, 2.45) is 5.92 Å². The van der Waals surface area contributed by atoms with Gasteiger partial charge in [-0.15, -0.1) is 0 Å². The normalized spacial score (nSPS) is 21.8. The fraction of sp³-hybridized carbons (Fsp3) is 0.750. The molecule has 0 saturated carbocycles. The van der Waals surface area contributed by atoms with Crippen LogP contribution in [0.15, 0.2) is 12.7 Å². The molecule has 2 aliphatic heterocycles. The van der Waals surface area contributed by atoms with E-state index in [2.05, 4.69) is 10.1 Å². The van der Waals surface area contributed by atoms with Gasteiger partial charge in [0, 0.05) is 39.1 Å². The molecule has 2 fully saturated rings. The van der Waals surface area contributed by atoms with E-state index in [-0.39, 0.29) is 17.7 Å². The first-order chi connectivity index (χ1) is 11.7. The van der Waals surface area contributed by atoms with Crippen molar-refractivity contribution < 1.29 is 14.3 Å². The monoisotopic (exact) mass is 335 g/mol. The Kier molecular flexibility index (Phi) is 5.79. The molecule has 0 aromatic carbocycles. The lowest BCUT2D eigenvalue weighted by atomic mass is 9.96. The summed E-state index contributed by atoms with van der Waals surface area (Å²) < 4.78 is 7.03. The van der Waals surface area contributed by atoms with Gasteiger partial charge in [0.1, 0.15) is 12.7 Å². The number of ether oxygens (including phenoxy) is 1. The van der Waals surface area contributed by atoms with Gasteiger partial charge in [-0.05, 0) is 19.3 Å². The topological polar surface area (TPSA) is 80.6 Å². The average Bonchev–Trinajstić information content (AvgIpc) is 3.15. The molecular weight excluding hydrogens is 310 g/mol. The zero-order valence-electron chi connectivity index (χ0n) is 14.0. The number of aryl methyl sites for hydroxylation is 1. The van der Waals surface area contributed by atoms with Gasteiger partial charge in [0.05, 0.1) is 19.1 Å². The van der Waals surface area contributed by atoms with Crippen molar-refractivity contribution in [3.8, 4) is 0 Å². The van der Waals surface area contributed by atoms with Crippen LogP contribution in [0.25, 0.3) is 0 Å². The molecule has 3 heterocycles. The molecule has 2 aliphatic rings. The first-order valence-electron chi connectivity index (χ1n) is 8.71. The van der Waals surface area contributed by atoms with Crippen LogP contribution in [0, 0.1) is 5.92 Å². The Morgan fingerprint density at radius 1 is 1.17 bits per heavy atom. The second-order valence-corrected chi connectivity index (χ2v) is 6.38. The molecule has 3 rings (SSSR count). The predicted octanol–water partition coefficient (Wildman–Crippen LogP) is 0.156. The Labute approximate surface area is 141 Å². The molecule has 8 nitrogen and oxygen atoms in total. The van der Waals surface area contributed by atoms with Crippen molar-refractivity contribution in [2.45, 2.75) is 32.2 Å². The molecule has 0 spiro atoms. The van der Waals surface area contributed by atoms with E-state index < -0.39 is 0 Å². The molecule has 0 unspecified atom stereocenters. The first-order valence-corrected chi connectivity index (χ1v) is 8.71. The van der Waals surface area contributed by atoms with Crippen LogP contribution in [0.2, 0.25) is 0 Å². The number of hydrogen-bond acceptors (Lipinski definition) is 5. The summed E-state index contributed by atoms with van der Waals surface area (Å²) in [4.78, 5) is 32.6. The number of piperidine rings is 1. The second-order valence-electron chi connectivity index (χ2n) is 6.38. The highest BCUT2D eigenvalue weighted by molar-refractivity contribution is 5.81. The molecule has 132 valence electrons. The highest BCUT2D eigenvalue weighted by Gasteiger charge is 2.31. The number of likely N-dealkylation sites (tertiary alicyclic amines) is 1. The fourth-order valence-electron chi connectivity index (χ4n) is 3.35. The van der Waals surface area contributed by atoms with Crippen LogP contribution >= 0.6 is 0 Å². The number of morpholine rings is 1. The molecule has 8 heteroatoms. The van der Waals surface area contributed by atoms with Crippen LogP contribution in [-0.2, 0) is 20.9 Å². The molecule has 24 heavy (non-hydrogen) atoms. The van der Waals surface area contributed by atoms with Crippen molar-refractivity contribution in [2.75, 3.05) is 39.4 Å². The summed E-state index contributed by atoms with van der Waals surface area (Å²) >= 11 is 0. The Hall–Kier alpha value is -1.96. The van der Waals surface area contributed by atoms with E-state index in [9.17, 15) is 9.59 Å². The van der Waals surface area contributed by atoms with Gasteiger partial charge in [-0.2, -0.15) is 5.10 Å². The van der Waals surface area contributed by atoms with E-state index in [0.29, 0.717) is 45.8 Å². The lowest BCUT2D eigenvalue weighted by Crippen LogP contribution is -2.49. The molecular formula is C16H25N5O3. The standard InChI is InChI=1S/C16H25N5O3/c22-15(4-2-6-21-13-17-12-18-21)20-5-1-3-14(11-20)16(23)19-7-9-24-10-8-19/h12-14H,1-11H2/t14-/m1/s1. The van der Waals surface area contributed by atoms with Gasteiger partial charge in [-0.3, -0.25) is 14.3 Å². The van der Waals surface area contributed by atoms with Gasteiger partial charge in [0.25, 0.3) is 0 Å². The maximum absolute atomic E-state index is 12.6. The van der Waals surface area contributed by atoms with Gasteiger partial charge in [-0.25, -0.2) is 4.98 Å². The molecule has 1 aromatic rings. The van der Waals surface area contributed by atoms with Gasteiger partial charge >= 0.3 is 0 Å². The molecule has 1 aromatic heterocycles. The van der Waals surface area contributed by atoms with Crippen molar-refractivity contribution in [3.05, 3.63) is 12.7 Å². The number of nitrogens with zero attached hydrogens (tertiary/aromatic N) is 5. The molecule has 0 radical (unpaired) electrons. The molecule has 0 bridgehead atoms. The maximum atomic E-state index is 12.6. The molecule has 0 N–H and O–H groups in total. The lowest BCUT2D eigenvalue weighted by molar-refractivity contribution is -0.144. The van der Waals surface area contributed by atoms with E-state index in [4.69, 9.17) is 4.74 Å². The molecule has 1 atom stereocenters. The van der Waals surface area contributed by atoms with Crippen LogP contribution in [-0.4, -0.2) is 75.8 Å². The van der Waals surface area contributed by atoms with Crippen LogP contribution in [0.5, 0.6) is 0 Å². The third kappa shape index (κ3) is 4.31. The highest BCUT2D eigenvalue weighted by Crippen LogP contribution is 2.20.